The molecule has 0 unspecified atom stereocenters. The summed E-state index contributed by atoms with van der Waals surface area (Å²) in [6.07, 6.45) is 1.00. The van der Waals surface area contributed by atoms with E-state index in [9.17, 15) is 4.79 Å². The van der Waals surface area contributed by atoms with Crippen LogP contribution in [0.5, 0.6) is 11.5 Å². The number of carbonyl (C=O) groups excluding carboxylic acids is 1. The van der Waals surface area contributed by atoms with E-state index in [2.05, 4.69) is 17.6 Å². The van der Waals surface area contributed by atoms with Gasteiger partial charge in [-0.2, -0.15) is 0 Å². The molecular weight excluding hydrogens is 304 g/mol. The van der Waals surface area contributed by atoms with Crippen LogP contribution < -0.4 is 20.1 Å². The van der Waals surface area contributed by atoms with E-state index < -0.39 is 0 Å². The van der Waals surface area contributed by atoms with Crippen LogP contribution in [0.1, 0.15) is 13.3 Å². The molecule has 128 valence electrons. The van der Waals surface area contributed by atoms with Crippen LogP contribution in [-0.4, -0.2) is 32.2 Å². The van der Waals surface area contributed by atoms with Gasteiger partial charge in [-0.1, -0.05) is 31.2 Å². The third-order valence-corrected chi connectivity index (χ3v) is 3.19. The molecule has 24 heavy (non-hydrogen) atoms. The molecule has 2 aromatic carbocycles. The van der Waals surface area contributed by atoms with Crippen molar-refractivity contribution < 1.29 is 14.3 Å². The Hall–Kier alpha value is -2.53. The lowest BCUT2D eigenvalue weighted by Crippen LogP contribution is -2.28. The second kappa shape index (κ2) is 10.3. The third kappa shape index (κ3) is 6.71. The van der Waals surface area contributed by atoms with E-state index in [1.807, 2.05) is 48.5 Å². The molecule has 0 fully saturated rings. The molecule has 0 spiro atoms. The molecule has 0 atom stereocenters. The summed E-state index contributed by atoms with van der Waals surface area (Å²) < 4.78 is 11.2. The summed E-state index contributed by atoms with van der Waals surface area (Å²) in [6, 6.07) is 17.0. The van der Waals surface area contributed by atoms with Crippen LogP contribution in [0.25, 0.3) is 0 Å². The summed E-state index contributed by atoms with van der Waals surface area (Å²) in [5.74, 6) is 1.46. The summed E-state index contributed by atoms with van der Waals surface area (Å²) >= 11 is 0. The van der Waals surface area contributed by atoms with Gasteiger partial charge in [0.05, 0.1) is 6.54 Å². The number of anilines is 1. The van der Waals surface area contributed by atoms with E-state index in [1.54, 1.807) is 6.07 Å². The number of carbonyl (C=O) groups is 1. The Bertz CT molecular complexity index is 617. The Labute approximate surface area is 143 Å². The van der Waals surface area contributed by atoms with Gasteiger partial charge < -0.3 is 20.1 Å². The highest BCUT2D eigenvalue weighted by atomic mass is 16.5. The van der Waals surface area contributed by atoms with E-state index in [4.69, 9.17) is 9.47 Å². The molecule has 2 N–H and O–H groups in total. The standard InChI is InChI=1S/C19H24N2O3/c1-2-11-20-15-19(22)21-16-7-6-10-18(14-16)24-13-12-23-17-8-4-3-5-9-17/h3-10,14,20H,2,11-13,15H2,1H3,(H,21,22). The highest BCUT2D eigenvalue weighted by Crippen LogP contribution is 2.17. The van der Waals surface area contributed by atoms with Gasteiger partial charge in [-0.15, -0.1) is 0 Å². The number of hydrogen-bond donors (Lipinski definition) is 2. The molecule has 5 nitrogen and oxygen atoms in total. The van der Waals surface area contributed by atoms with Gasteiger partial charge in [0.15, 0.2) is 0 Å². The summed E-state index contributed by atoms with van der Waals surface area (Å²) in [7, 11) is 0. The third-order valence-electron chi connectivity index (χ3n) is 3.19. The summed E-state index contributed by atoms with van der Waals surface area (Å²) in [6.45, 7) is 4.10. The van der Waals surface area contributed by atoms with E-state index in [0.717, 1.165) is 24.4 Å². The lowest BCUT2D eigenvalue weighted by molar-refractivity contribution is -0.115. The van der Waals surface area contributed by atoms with Crippen LogP contribution in [0.2, 0.25) is 0 Å². The smallest absolute Gasteiger partial charge is 0.238 e. The minimum Gasteiger partial charge on any atom is -0.490 e. The first-order chi connectivity index (χ1) is 11.8. The topological polar surface area (TPSA) is 59.6 Å². The monoisotopic (exact) mass is 328 g/mol. The predicted molar refractivity (Wildman–Crippen MR) is 95.7 cm³/mol. The molecule has 0 aromatic heterocycles. The van der Waals surface area contributed by atoms with Gasteiger partial charge in [0.25, 0.3) is 0 Å². The maximum Gasteiger partial charge on any atom is 0.238 e. The minimum absolute atomic E-state index is 0.0620. The van der Waals surface area contributed by atoms with Gasteiger partial charge >= 0.3 is 0 Å². The average Bonchev–Trinajstić information content (AvgIpc) is 2.60. The van der Waals surface area contributed by atoms with Crippen molar-refractivity contribution in [1.29, 1.82) is 0 Å². The molecule has 0 saturated carbocycles. The zero-order valence-corrected chi connectivity index (χ0v) is 14.0. The van der Waals surface area contributed by atoms with Crippen LogP contribution in [0.15, 0.2) is 54.6 Å². The molecule has 0 saturated heterocycles. The lowest BCUT2D eigenvalue weighted by atomic mass is 10.3. The van der Waals surface area contributed by atoms with Crippen LogP contribution >= 0.6 is 0 Å². The van der Waals surface area contributed by atoms with Crippen molar-refractivity contribution in [3.8, 4) is 11.5 Å². The number of nitrogens with one attached hydrogen (secondary N) is 2. The summed E-state index contributed by atoms with van der Waals surface area (Å²) in [4.78, 5) is 11.8. The number of para-hydroxylation sites is 1. The molecular formula is C19H24N2O3. The number of amides is 1. The molecule has 0 bridgehead atoms. The van der Waals surface area contributed by atoms with Crippen molar-refractivity contribution in [2.24, 2.45) is 0 Å². The van der Waals surface area contributed by atoms with Gasteiger partial charge in [-0.05, 0) is 37.2 Å². The second-order valence-electron chi connectivity index (χ2n) is 5.26. The van der Waals surface area contributed by atoms with Crippen LogP contribution in [0, 0.1) is 0 Å². The summed E-state index contributed by atoms with van der Waals surface area (Å²) in [5.41, 5.74) is 0.722. The zero-order valence-electron chi connectivity index (χ0n) is 14.0. The molecule has 5 heteroatoms. The fraction of sp³-hybridized carbons (Fsp3) is 0.316. The Morgan fingerprint density at radius 1 is 0.958 bits per heavy atom. The summed E-state index contributed by atoms with van der Waals surface area (Å²) in [5, 5.41) is 5.91. The molecule has 1 amide bonds. The van der Waals surface area contributed by atoms with E-state index in [0.29, 0.717) is 25.5 Å². The van der Waals surface area contributed by atoms with Gasteiger partial charge in [-0.3, -0.25) is 4.79 Å². The van der Waals surface area contributed by atoms with Gasteiger partial charge in [0.2, 0.25) is 5.91 Å². The normalized spacial score (nSPS) is 10.2. The number of ether oxygens (including phenoxy) is 2. The van der Waals surface area contributed by atoms with Crippen molar-refractivity contribution in [2.75, 3.05) is 31.6 Å². The van der Waals surface area contributed by atoms with Crippen molar-refractivity contribution >= 4 is 11.6 Å². The first-order valence-corrected chi connectivity index (χ1v) is 8.19. The molecule has 0 heterocycles. The van der Waals surface area contributed by atoms with Crippen LogP contribution in [0.3, 0.4) is 0 Å². The lowest BCUT2D eigenvalue weighted by Gasteiger charge is -2.10. The Balaban J connectivity index is 1.72. The Morgan fingerprint density at radius 3 is 2.42 bits per heavy atom. The Morgan fingerprint density at radius 2 is 1.67 bits per heavy atom. The first-order valence-electron chi connectivity index (χ1n) is 8.19. The SMILES string of the molecule is CCCNCC(=O)Nc1cccc(OCCOc2ccccc2)c1. The van der Waals surface area contributed by atoms with Crippen LogP contribution in [-0.2, 0) is 4.79 Å². The largest absolute Gasteiger partial charge is 0.490 e. The molecule has 0 aliphatic rings. The number of rotatable bonds is 10. The fourth-order valence-electron chi connectivity index (χ4n) is 2.08. The second-order valence-corrected chi connectivity index (χ2v) is 5.26. The molecule has 0 aliphatic heterocycles. The van der Waals surface area contributed by atoms with Gasteiger partial charge in [0, 0.05) is 11.8 Å². The van der Waals surface area contributed by atoms with E-state index >= 15 is 0 Å². The highest BCUT2D eigenvalue weighted by Gasteiger charge is 2.03. The maximum absolute atomic E-state index is 11.8. The van der Waals surface area contributed by atoms with E-state index in [-0.39, 0.29) is 5.91 Å². The van der Waals surface area contributed by atoms with Crippen molar-refractivity contribution in [1.82, 2.24) is 5.32 Å². The molecule has 0 aliphatic carbocycles. The first kappa shape index (κ1) is 17.8. The Kier molecular flexibility index (Phi) is 7.63. The maximum atomic E-state index is 11.8. The number of hydrogen-bond acceptors (Lipinski definition) is 4. The quantitative estimate of drug-likeness (QED) is 0.658. The highest BCUT2D eigenvalue weighted by molar-refractivity contribution is 5.92. The van der Waals surface area contributed by atoms with Gasteiger partial charge in [-0.25, -0.2) is 0 Å². The minimum atomic E-state index is -0.0620. The number of benzene rings is 2. The van der Waals surface area contributed by atoms with Crippen molar-refractivity contribution in [2.45, 2.75) is 13.3 Å². The van der Waals surface area contributed by atoms with Gasteiger partial charge in [0.1, 0.15) is 24.7 Å². The van der Waals surface area contributed by atoms with Crippen molar-refractivity contribution in [3.05, 3.63) is 54.6 Å². The average molecular weight is 328 g/mol. The molecule has 0 radical (unpaired) electrons. The molecule has 2 aromatic rings. The van der Waals surface area contributed by atoms with Crippen molar-refractivity contribution in [3.63, 3.8) is 0 Å². The fourth-order valence-corrected chi connectivity index (χ4v) is 2.08. The van der Waals surface area contributed by atoms with Crippen LogP contribution in [0.4, 0.5) is 5.69 Å². The van der Waals surface area contributed by atoms with E-state index in [1.165, 1.54) is 0 Å². The zero-order chi connectivity index (χ0) is 17.0. The predicted octanol–water partition coefficient (Wildman–Crippen LogP) is 3.08. The molecule has 2 rings (SSSR count).